The summed E-state index contributed by atoms with van der Waals surface area (Å²) in [6.45, 7) is 9.69. The van der Waals surface area contributed by atoms with Gasteiger partial charge in [-0.15, -0.1) is 0 Å². The van der Waals surface area contributed by atoms with E-state index in [4.69, 9.17) is 20.8 Å². The lowest BCUT2D eigenvalue weighted by atomic mass is 9.94. The number of aliphatic hydroxyl groups is 1. The first-order chi connectivity index (χ1) is 19.2. The third kappa shape index (κ3) is 4.60. The minimum Gasteiger partial charge on any atom is -0.503 e. The molecule has 2 heterocycles. The Labute approximate surface area is 238 Å². The number of ether oxygens (including phenoxy) is 1. The zero-order valence-corrected chi connectivity index (χ0v) is 23.9. The highest BCUT2D eigenvalue weighted by molar-refractivity contribution is 6.31. The third-order valence-corrected chi connectivity index (χ3v) is 7.62. The molecule has 1 aliphatic rings. The molecule has 3 aromatic carbocycles. The van der Waals surface area contributed by atoms with E-state index in [9.17, 15) is 14.7 Å². The Bertz CT molecular complexity index is 1650. The number of carbonyl (C=O) groups excluding carboxylic acids is 2. The van der Waals surface area contributed by atoms with E-state index in [2.05, 4.69) is 18.7 Å². The number of halogens is 1. The molecule has 0 aliphatic carbocycles. The van der Waals surface area contributed by atoms with Gasteiger partial charge in [0.05, 0.1) is 18.7 Å². The minimum atomic E-state index is -0.870. The van der Waals surface area contributed by atoms with Gasteiger partial charge in [0.1, 0.15) is 0 Å². The highest BCUT2D eigenvalue weighted by atomic mass is 35.5. The number of aliphatic hydroxyl groups excluding tert-OH is 1. The molecule has 0 saturated carbocycles. The molecule has 1 unspecified atom stereocenters. The number of aryl methyl sites for hydroxylation is 2. The van der Waals surface area contributed by atoms with Gasteiger partial charge in [-0.25, -0.2) is 0 Å². The predicted octanol–water partition coefficient (Wildman–Crippen LogP) is 7.34. The lowest BCUT2D eigenvalue weighted by Crippen LogP contribution is -2.31. The molecule has 0 fully saturated rings. The zero-order valence-electron chi connectivity index (χ0n) is 23.1. The second-order valence-corrected chi connectivity index (χ2v) is 10.3. The van der Waals surface area contributed by atoms with Gasteiger partial charge in [-0.1, -0.05) is 35.9 Å². The van der Waals surface area contributed by atoms with Gasteiger partial charge in [-0.2, -0.15) is 0 Å². The van der Waals surface area contributed by atoms with E-state index < -0.39 is 23.5 Å². The first kappa shape index (κ1) is 27.3. The molecular formula is C32H31ClN2O5. The topological polar surface area (TPSA) is 83.2 Å². The normalized spacial score (nSPS) is 15.3. The van der Waals surface area contributed by atoms with Gasteiger partial charge in [0, 0.05) is 40.9 Å². The second kappa shape index (κ2) is 10.7. The number of hydrogen-bond donors (Lipinski definition) is 1. The number of anilines is 2. The summed E-state index contributed by atoms with van der Waals surface area (Å²) in [4.78, 5) is 31.4. The molecule has 1 aliphatic heterocycles. The summed E-state index contributed by atoms with van der Waals surface area (Å²) in [5, 5.41) is 12.2. The summed E-state index contributed by atoms with van der Waals surface area (Å²) in [6, 6.07) is 17.5. The highest BCUT2D eigenvalue weighted by Gasteiger charge is 2.46. The number of methoxy groups -OCH3 is 1. The number of benzene rings is 3. The SMILES string of the molecule is CCN(CC)c1ccc(C2C(C(=O)c3cc4cc(Cl)cc(OC)c4o3)=C(O)C(=O)N2c2cc(C)ccc2C)cc1. The van der Waals surface area contributed by atoms with Crippen LogP contribution < -0.4 is 14.5 Å². The number of fused-ring (bicyclic) bond motifs is 1. The molecule has 1 aromatic heterocycles. The van der Waals surface area contributed by atoms with Crippen LogP contribution in [-0.2, 0) is 4.79 Å². The summed E-state index contributed by atoms with van der Waals surface area (Å²) < 4.78 is 11.3. The largest absolute Gasteiger partial charge is 0.503 e. The van der Waals surface area contributed by atoms with Crippen LogP contribution >= 0.6 is 11.6 Å². The number of nitrogens with zero attached hydrogens (tertiary/aromatic N) is 2. The van der Waals surface area contributed by atoms with Gasteiger partial charge in [0.25, 0.3) is 5.91 Å². The van der Waals surface area contributed by atoms with Crippen molar-refractivity contribution in [2.24, 2.45) is 0 Å². The number of amides is 1. The summed E-state index contributed by atoms with van der Waals surface area (Å²) >= 11 is 6.22. The van der Waals surface area contributed by atoms with Crippen molar-refractivity contribution in [3.63, 3.8) is 0 Å². The molecule has 0 saturated heterocycles. The molecule has 1 atom stereocenters. The maximum absolute atomic E-state index is 14.1. The zero-order chi connectivity index (χ0) is 28.7. The molecule has 7 nitrogen and oxygen atoms in total. The number of rotatable bonds is 8. The third-order valence-electron chi connectivity index (χ3n) is 7.41. The fraction of sp³-hybridized carbons (Fsp3) is 0.250. The Morgan fingerprint density at radius 2 is 1.75 bits per heavy atom. The quantitative estimate of drug-likeness (QED) is 0.228. The molecule has 0 radical (unpaired) electrons. The molecule has 0 spiro atoms. The number of furan rings is 1. The summed E-state index contributed by atoms with van der Waals surface area (Å²) in [6.07, 6.45) is 0. The fourth-order valence-electron chi connectivity index (χ4n) is 5.32. The highest BCUT2D eigenvalue weighted by Crippen LogP contribution is 2.44. The van der Waals surface area contributed by atoms with Crippen molar-refractivity contribution < 1.29 is 23.8 Å². The average molecular weight is 559 g/mol. The smallest absolute Gasteiger partial charge is 0.294 e. The molecule has 1 N–H and O–H groups in total. The van der Waals surface area contributed by atoms with Crippen molar-refractivity contribution in [2.45, 2.75) is 33.7 Å². The number of hydrogen-bond acceptors (Lipinski definition) is 6. The van der Waals surface area contributed by atoms with Crippen LogP contribution in [0.1, 0.15) is 47.1 Å². The van der Waals surface area contributed by atoms with Gasteiger partial charge in [-0.05, 0) is 74.7 Å². The average Bonchev–Trinajstić information content (AvgIpc) is 3.49. The van der Waals surface area contributed by atoms with Crippen LogP contribution in [0.4, 0.5) is 11.4 Å². The fourth-order valence-corrected chi connectivity index (χ4v) is 5.54. The van der Waals surface area contributed by atoms with Gasteiger partial charge >= 0.3 is 0 Å². The summed E-state index contributed by atoms with van der Waals surface area (Å²) in [7, 11) is 1.49. The van der Waals surface area contributed by atoms with E-state index in [1.54, 1.807) is 18.2 Å². The van der Waals surface area contributed by atoms with Crippen LogP contribution in [0, 0.1) is 13.8 Å². The van der Waals surface area contributed by atoms with Gasteiger partial charge in [0.2, 0.25) is 5.78 Å². The van der Waals surface area contributed by atoms with Gasteiger partial charge < -0.3 is 19.2 Å². The predicted molar refractivity (Wildman–Crippen MR) is 158 cm³/mol. The maximum atomic E-state index is 14.1. The van der Waals surface area contributed by atoms with Crippen molar-refractivity contribution in [1.29, 1.82) is 0 Å². The number of ketones is 1. The Hall–Kier alpha value is -4.23. The van der Waals surface area contributed by atoms with Crippen LogP contribution in [0.15, 0.2) is 76.4 Å². The first-order valence-electron chi connectivity index (χ1n) is 13.2. The lowest BCUT2D eigenvalue weighted by Gasteiger charge is -2.29. The number of carbonyl (C=O) groups is 2. The van der Waals surface area contributed by atoms with E-state index in [0.29, 0.717) is 33.0 Å². The molecule has 5 rings (SSSR count). The summed E-state index contributed by atoms with van der Waals surface area (Å²) in [5.41, 5.74) is 4.43. The van der Waals surface area contributed by atoms with E-state index in [0.717, 1.165) is 29.9 Å². The van der Waals surface area contributed by atoms with E-state index in [-0.39, 0.29) is 11.3 Å². The van der Waals surface area contributed by atoms with Crippen molar-refractivity contribution in [3.8, 4) is 5.75 Å². The van der Waals surface area contributed by atoms with Crippen LogP contribution in [0.3, 0.4) is 0 Å². The van der Waals surface area contributed by atoms with E-state index in [1.165, 1.54) is 12.0 Å². The van der Waals surface area contributed by atoms with Crippen molar-refractivity contribution in [2.75, 3.05) is 30.0 Å². The minimum absolute atomic E-state index is 0.0301. The van der Waals surface area contributed by atoms with Crippen molar-refractivity contribution >= 4 is 45.6 Å². The molecule has 40 heavy (non-hydrogen) atoms. The Morgan fingerprint density at radius 1 is 1.05 bits per heavy atom. The molecule has 206 valence electrons. The lowest BCUT2D eigenvalue weighted by molar-refractivity contribution is -0.117. The van der Waals surface area contributed by atoms with Gasteiger partial charge in [0.15, 0.2) is 22.9 Å². The Balaban J connectivity index is 1.67. The van der Waals surface area contributed by atoms with Crippen LogP contribution in [0.25, 0.3) is 11.0 Å². The van der Waals surface area contributed by atoms with Crippen molar-refractivity contribution in [3.05, 3.63) is 99.5 Å². The monoisotopic (exact) mass is 558 g/mol. The Kier molecular flexibility index (Phi) is 7.34. The van der Waals surface area contributed by atoms with Crippen molar-refractivity contribution in [1.82, 2.24) is 0 Å². The number of Topliss-reactive ketones (excluding diaryl/α,β-unsaturated/α-hetero) is 1. The Morgan fingerprint density at radius 3 is 2.40 bits per heavy atom. The maximum Gasteiger partial charge on any atom is 0.294 e. The second-order valence-electron chi connectivity index (χ2n) is 9.86. The molecular weight excluding hydrogens is 528 g/mol. The molecule has 4 aromatic rings. The van der Waals surface area contributed by atoms with Crippen LogP contribution in [0.5, 0.6) is 5.75 Å². The summed E-state index contributed by atoms with van der Waals surface area (Å²) in [5.74, 6) is -1.49. The van der Waals surface area contributed by atoms with Gasteiger partial charge in [-0.3, -0.25) is 14.5 Å². The van der Waals surface area contributed by atoms with Crippen LogP contribution in [0.2, 0.25) is 5.02 Å². The first-order valence-corrected chi connectivity index (χ1v) is 13.6. The molecule has 8 heteroatoms. The molecule has 0 bridgehead atoms. The molecule has 1 amide bonds. The van der Waals surface area contributed by atoms with E-state index >= 15 is 0 Å². The van der Waals surface area contributed by atoms with Crippen LogP contribution in [-0.4, -0.2) is 37.0 Å². The standard InChI is InChI=1S/C32H31ClN2O5/c1-6-34(7-2)23-12-10-20(11-13-23)28-27(30(37)32(38)35(28)24-14-18(3)8-9-19(24)4)29(36)25-16-21-15-22(33)17-26(39-5)31(21)40-25/h8-17,28,37H,6-7H2,1-5H3. The van der Waals surface area contributed by atoms with E-state index in [1.807, 2.05) is 56.3 Å².